The fourth-order valence-corrected chi connectivity index (χ4v) is 9.75. The van der Waals surface area contributed by atoms with E-state index in [4.69, 9.17) is 33.9 Å². The predicted molar refractivity (Wildman–Crippen MR) is 258 cm³/mol. The molecule has 1 amide bonds. The summed E-state index contributed by atoms with van der Waals surface area (Å²) in [5.74, 6) is -6.15. The maximum atomic E-state index is 15.0. The Kier molecular flexibility index (Phi) is 19.7. The molecule has 6 N–H and O–H groups in total. The Balaban J connectivity index is 0.000000970. The van der Waals surface area contributed by atoms with Crippen LogP contribution in [0.4, 0.5) is 4.79 Å². The van der Waals surface area contributed by atoms with Crippen LogP contribution < -0.4 is 5.32 Å². The first-order chi connectivity index (χ1) is 32.4. The molecule has 1 heterocycles. The van der Waals surface area contributed by atoms with Crippen molar-refractivity contribution in [3.05, 3.63) is 82.9 Å². The maximum Gasteiger partial charge on any atom is 0.408 e. The Hall–Kier alpha value is -5.20. The van der Waals surface area contributed by atoms with Crippen molar-refractivity contribution in [3.63, 3.8) is 0 Å². The van der Waals surface area contributed by atoms with Gasteiger partial charge in [-0.05, 0) is 83.2 Å². The van der Waals surface area contributed by atoms with Gasteiger partial charge in [-0.3, -0.25) is 14.4 Å². The highest BCUT2D eigenvalue weighted by molar-refractivity contribution is 5.94. The second-order valence-corrected chi connectivity index (χ2v) is 20.7. The van der Waals surface area contributed by atoms with Crippen LogP contribution in [0.3, 0.4) is 0 Å². The highest BCUT2D eigenvalue weighted by Crippen LogP contribution is 2.64. The number of Topliss-reactive ketones (excluding diaryl/α,β-unsaturated/α-hetero) is 1. The minimum atomic E-state index is -2.27. The van der Waals surface area contributed by atoms with Crippen LogP contribution in [-0.2, 0) is 42.9 Å². The molecule has 4 aliphatic rings. The van der Waals surface area contributed by atoms with E-state index in [0.29, 0.717) is 5.56 Å². The van der Waals surface area contributed by atoms with Gasteiger partial charge in [-0.2, -0.15) is 0 Å². The average molecular weight is 984 g/mol. The number of carboxylic acid groups (broad SMARTS) is 1. The number of aliphatic hydroxyl groups is 4. The van der Waals surface area contributed by atoms with Crippen molar-refractivity contribution in [1.82, 2.24) is 5.32 Å². The molecule has 6 rings (SSSR count). The van der Waals surface area contributed by atoms with Gasteiger partial charge in [-0.15, -0.1) is 0 Å². The first kappa shape index (κ1) is 59.1. The van der Waals surface area contributed by atoms with Gasteiger partial charge >= 0.3 is 30.0 Å². The van der Waals surface area contributed by atoms with Crippen molar-refractivity contribution in [2.24, 2.45) is 28.6 Å². The van der Waals surface area contributed by atoms with Crippen LogP contribution >= 0.6 is 0 Å². The minimum absolute atomic E-state index is 0.0179. The smallest absolute Gasteiger partial charge is 0.408 e. The molecule has 17 heteroatoms. The van der Waals surface area contributed by atoms with Crippen molar-refractivity contribution >= 4 is 35.8 Å². The van der Waals surface area contributed by atoms with Gasteiger partial charge in [-0.25, -0.2) is 14.4 Å². The summed E-state index contributed by atoms with van der Waals surface area (Å²) in [6.45, 7) is 25.5. The number of aliphatic carboxylic acids is 1. The van der Waals surface area contributed by atoms with Gasteiger partial charge in [0.2, 0.25) is 0 Å². The van der Waals surface area contributed by atoms with E-state index in [1.165, 1.54) is 32.9 Å². The molecular formula is C53H77NO16. The van der Waals surface area contributed by atoms with Gasteiger partial charge in [0.1, 0.15) is 41.7 Å². The quantitative estimate of drug-likeness (QED) is 0.0870. The summed E-state index contributed by atoms with van der Waals surface area (Å²) >= 11 is 0. The zero-order valence-corrected chi connectivity index (χ0v) is 43.4. The molecule has 6 unspecified atom stereocenters. The molecule has 1 aliphatic heterocycles. The number of carboxylic acids is 1. The van der Waals surface area contributed by atoms with E-state index in [1.54, 1.807) is 97.0 Å². The molecule has 0 spiro atoms. The molecule has 0 aromatic heterocycles. The summed E-state index contributed by atoms with van der Waals surface area (Å²) in [7, 11) is 0. The summed E-state index contributed by atoms with van der Waals surface area (Å²) < 4.78 is 30.0. The number of ether oxygens (including phenoxy) is 5. The highest BCUT2D eigenvalue weighted by atomic mass is 16.6. The molecular weight excluding hydrogens is 907 g/mol. The Morgan fingerprint density at radius 2 is 1.39 bits per heavy atom. The monoisotopic (exact) mass is 984 g/mol. The van der Waals surface area contributed by atoms with E-state index in [2.05, 4.69) is 26.1 Å². The van der Waals surface area contributed by atoms with Crippen LogP contribution in [0.15, 0.2) is 71.8 Å². The zero-order valence-electron chi connectivity index (χ0n) is 43.4. The van der Waals surface area contributed by atoms with Crippen LogP contribution in [0, 0.1) is 28.6 Å². The molecule has 2 saturated carbocycles. The third kappa shape index (κ3) is 12.4. The first-order valence-corrected chi connectivity index (χ1v) is 23.9. The van der Waals surface area contributed by atoms with Gasteiger partial charge in [0.15, 0.2) is 11.4 Å². The van der Waals surface area contributed by atoms with Crippen molar-refractivity contribution in [2.75, 3.05) is 6.61 Å². The van der Waals surface area contributed by atoms with Gasteiger partial charge in [0.05, 0.1) is 41.6 Å². The van der Waals surface area contributed by atoms with Crippen molar-refractivity contribution in [3.8, 4) is 0 Å². The summed E-state index contributed by atoms with van der Waals surface area (Å²) in [6.07, 6.45) is -10.0. The molecule has 0 radical (unpaired) electrons. The summed E-state index contributed by atoms with van der Waals surface area (Å²) in [6, 6.07) is 15.8. The molecule has 17 nitrogen and oxygen atoms in total. The van der Waals surface area contributed by atoms with E-state index in [-0.39, 0.29) is 29.7 Å². The molecule has 2 aromatic carbocycles. The summed E-state index contributed by atoms with van der Waals surface area (Å²) in [5, 5.41) is 56.1. The van der Waals surface area contributed by atoms with Crippen molar-refractivity contribution < 1.29 is 78.0 Å². The minimum Gasteiger partial charge on any atom is -0.479 e. The van der Waals surface area contributed by atoms with Crippen LogP contribution in [0.25, 0.3) is 0 Å². The van der Waals surface area contributed by atoms with E-state index in [1.807, 2.05) is 13.8 Å². The molecule has 70 heavy (non-hydrogen) atoms. The normalized spacial score (nSPS) is 29.7. The average Bonchev–Trinajstić information content (AvgIpc) is 3.27. The van der Waals surface area contributed by atoms with E-state index < -0.39 is 124 Å². The molecule has 2 aromatic rings. The Morgan fingerprint density at radius 1 is 0.871 bits per heavy atom. The molecule has 3 fully saturated rings. The van der Waals surface area contributed by atoms with Crippen LogP contribution in [0.1, 0.15) is 139 Å². The van der Waals surface area contributed by atoms with E-state index in [9.17, 15) is 44.1 Å². The van der Waals surface area contributed by atoms with Gasteiger partial charge < -0.3 is 54.5 Å². The lowest BCUT2D eigenvalue weighted by molar-refractivity contribution is -0.346. The van der Waals surface area contributed by atoms with Crippen molar-refractivity contribution in [2.45, 2.75) is 176 Å². The van der Waals surface area contributed by atoms with Crippen LogP contribution in [0.5, 0.6) is 0 Å². The van der Waals surface area contributed by atoms with Crippen molar-refractivity contribution in [1.29, 1.82) is 0 Å². The number of ketones is 1. The molecule has 2 bridgehead atoms. The topological polar surface area (TPSA) is 262 Å². The number of hydrogen-bond acceptors (Lipinski definition) is 15. The second-order valence-electron chi connectivity index (χ2n) is 20.7. The standard InChI is InChI=1S/C44H55NO13.C4H10.C3H6O3.C2H6/c1-23-28(55-37(50)24(2)32(26-16-12-10-13-17-26)45-39(52)58-40(4,5)6)21-44(53)36(56-38(51)27-18-14-11-15-19-27)34-42(9,35(49)33(48)31(23)41(44,7)8)29(47)20-30-43(34,22-54-30)57-25(3)46;1-4(2)3;1-2(4)3(5)6;1-2/h10-19,24,28-30,32-34,36,47-48,53H,20-22H2,1-9H3,(H,45,52);4H,1-3H3;2,4H,1H3,(H,5,6);1-2H3/t24-,28+,29?,30?,32-,33?,34?,36+,42-,43+,44?;;;/m1.../s1. The number of alkyl carbamates (subject to hydrolysis) is 1. The lowest BCUT2D eigenvalue weighted by atomic mass is 9.44. The summed E-state index contributed by atoms with van der Waals surface area (Å²) in [4.78, 5) is 78.8. The lowest BCUT2D eigenvalue weighted by Crippen LogP contribution is -2.81. The number of aliphatic hydroxyl groups excluding tert-OH is 3. The molecule has 1 saturated heterocycles. The van der Waals surface area contributed by atoms with E-state index in [0.717, 1.165) is 5.92 Å². The molecule has 390 valence electrons. The van der Waals surface area contributed by atoms with Gasteiger partial charge in [0.25, 0.3) is 0 Å². The number of carbonyl (C=O) groups excluding carboxylic acids is 5. The van der Waals surface area contributed by atoms with Crippen LogP contribution in [0.2, 0.25) is 0 Å². The maximum absolute atomic E-state index is 15.0. The number of hydrogen-bond donors (Lipinski definition) is 6. The molecule has 3 aliphatic carbocycles. The molecule has 12 atom stereocenters. The fourth-order valence-electron chi connectivity index (χ4n) is 9.75. The fraction of sp³-hybridized carbons (Fsp3) is 0.623. The number of amides is 1. The number of rotatable bonds is 9. The van der Waals surface area contributed by atoms with Crippen LogP contribution in [-0.4, -0.2) is 121 Å². The Bertz CT molecular complexity index is 2180. The Morgan fingerprint density at radius 3 is 1.84 bits per heavy atom. The number of nitrogens with one attached hydrogen (secondary N) is 1. The van der Waals surface area contributed by atoms with E-state index >= 15 is 0 Å². The third-order valence-electron chi connectivity index (χ3n) is 13.2. The predicted octanol–water partition coefficient (Wildman–Crippen LogP) is 6.68. The number of benzene rings is 2. The number of esters is 3. The van der Waals surface area contributed by atoms with Gasteiger partial charge in [-0.1, -0.05) is 97.0 Å². The summed E-state index contributed by atoms with van der Waals surface area (Å²) in [5.41, 5.74) is -7.35. The largest absolute Gasteiger partial charge is 0.479 e. The second kappa shape index (κ2) is 23.4. The third-order valence-corrected chi connectivity index (χ3v) is 13.2. The number of carbonyl (C=O) groups is 6. The SMILES string of the molecule is CC.CC(=O)O[C@@]12COC1CC(O)[C@@]1(C)C(=O)C(O)C3=C(C)[C@@H](OC(=O)[C@H](C)[C@@H](NC(=O)OC(C)(C)C)c4ccccc4)CC(O)([C@@H](OC(=O)c4ccccc4)C21)C3(C)C.CC(C)C.CC(O)C(=O)O. The first-order valence-electron chi connectivity index (χ1n) is 23.9. The van der Waals surface area contributed by atoms with Gasteiger partial charge in [0, 0.05) is 25.2 Å². The highest BCUT2D eigenvalue weighted by Gasteiger charge is 2.78. The zero-order chi connectivity index (χ0) is 53.5. The number of fused-ring (bicyclic) bond motifs is 5. The lowest BCUT2D eigenvalue weighted by Gasteiger charge is -2.67. The Labute approximate surface area is 412 Å².